The molecule has 1 aromatic rings. The predicted molar refractivity (Wildman–Crippen MR) is 68.3 cm³/mol. The molecule has 0 saturated carbocycles. The first-order chi connectivity index (χ1) is 10.2. The van der Waals surface area contributed by atoms with Crippen LogP contribution in [0, 0.1) is 0 Å². The summed E-state index contributed by atoms with van der Waals surface area (Å²) in [5.41, 5.74) is 4.49. The number of hydrogen-bond acceptors (Lipinski definition) is 9. The van der Waals surface area contributed by atoms with E-state index < -0.39 is 44.7 Å². The Labute approximate surface area is 122 Å². The Kier molecular flexibility index (Phi) is 4.94. The van der Waals surface area contributed by atoms with Gasteiger partial charge in [0.15, 0.2) is 6.23 Å². The van der Waals surface area contributed by atoms with Crippen molar-refractivity contribution >= 4 is 13.6 Å². The van der Waals surface area contributed by atoms with E-state index in [9.17, 15) is 14.5 Å². The highest BCUT2D eigenvalue weighted by Gasteiger charge is 2.48. The zero-order valence-electron chi connectivity index (χ0n) is 10.9. The van der Waals surface area contributed by atoms with Gasteiger partial charge in [0.1, 0.15) is 30.7 Å². The third-order valence-corrected chi connectivity index (χ3v) is 3.45. The molecule has 0 bridgehead atoms. The number of anilines is 1. The van der Waals surface area contributed by atoms with Gasteiger partial charge in [-0.25, -0.2) is 14.2 Å². The standard InChI is InChI=1S/C9H14N3O9P/c10-5-1-2-12(9(14)11-5)8-6(13)7(21-22(16,17)18)4(20-8)3-19-15/h1-2,4,6-8,13,15H,3H2,(H2,10,11,14)(H2,16,17,18)/t4-,6-,7-,8-/m1/s1. The second kappa shape index (κ2) is 6.40. The number of phosphoric ester groups is 1. The van der Waals surface area contributed by atoms with Gasteiger partial charge < -0.3 is 25.4 Å². The van der Waals surface area contributed by atoms with Crippen molar-refractivity contribution in [3.63, 3.8) is 0 Å². The van der Waals surface area contributed by atoms with Crippen LogP contribution in [-0.2, 0) is 18.7 Å². The molecule has 13 heteroatoms. The zero-order valence-corrected chi connectivity index (χ0v) is 11.8. The quantitative estimate of drug-likeness (QED) is 0.228. The van der Waals surface area contributed by atoms with Crippen LogP contribution in [0.25, 0.3) is 0 Å². The van der Waals surface area contributed by atoms with Crippen molar-refractivity contribution in [2.75, 3.05) is 12.3 Å². The molecule has 2 rings (SSSR count). The molecular formula is C9H14N3O9P. The van der Waals surface area contributed by atoms with Crippen molar-refractivity contribution in [1.29, 1.82) is 0 Å². The summed E-state index contributed by atoms with van der Waals surface area (Å²) in [6.07, 6.45) is -4.56. The Bertz CT molecular complexity index is 631. The molecule has 1 aromatic heterocycles. The van der Waals surface area contributed by atoms with E-state index in [0.717, 1.165) is 4.57 Å². The number of nitrogens with zero attached hydrogens (tertiary/aromatic N) is 2. The van der Waals surface area contributed by atoms with Gasteiger partial charge in [-0.15, -0.1) is 0 Å². The molecule has 0 radical (unpaired) electrons. The van der Waals surface area contributed by atoms with Gasteiger partial charge in [-0.05, 0) is 6.07 Å². The third kappa shape index (κ3) is 3.69. The van der Waals surface area contributed by atoms with Crippen molar-refractivity contribution in [2.24, 2.45) is 0 Å². The van der Waals surface area contributed by atoms with Crippen LogP contribution in [-0.4, -0.2) is 54.6 Å². The minimum absolute atomic E-state index is 0.0491. The van der Waals surface area contributed by atoms with Crippen LogP contribution < -0.4 is 11.4 Å². The Hall–Kier alpha value is -1.37. The Balaban J connectivity index is 2.30. The number of hydrogen-bond donors (Lipinski definition) is 5. The maximum atomic E-state index is 11.7. The van der Waals surface area contributed by atoms with E-state index in [2.05, 4.69) is 14.4 Å². The van der Waals surface area contributed by atoms with Crippen molar-refractivity contribution < 1.29 is 38.9 Å². The molecule has 0 aromatic carbocycles. The molecule has 1 aliphatic rings. The monoisotopic (exact) mass is 339 g/mol. The number of ether oxygens (including phenoxy) is 1. The Morgan fingerprint density at radius 2 is 2.18 bits per heavy atom. The fourth-order valence-electron chi connectivity index (χ4n) is 2.07. The van der Waals surface area contributed by atoms with Gasteiger partial charge >= 0.3 is 13.5 Å². The summed E-state index contributed by atoms with van der Waals surface area (Å²) in [6, 6.07) is 1.27. The van der Waals surface area contributed by atoms with E-state index in [4.69, 9.17) is 25.5 Å². The van der Waals surface area contributed by atoms with Crippen LogP contribution in [0.15, 0.2) is 17.1 Å². The third-order valence-electron chi connectivity index (χ3n) is 2.93. The lowest BCUT2D eigenvalue weighted by molar-refractivity contribution is -0.264. The molecule has 0 spiro atoms. The summed E-state index contributed by atoms with van der Waals surface area (Å²) in [7, 11) is -4.95. The molecule has 22 heavy (non-hydrogen) atoms. The topological polar surface area (TPSA) is 187 Å². The number of aromatic nitrogens is 2. The highest BCUT2D eigenvalue weighted by atomic mass is 31.2. The summed E-state index contributed by atoms with van der Waals surface area (Å²) in [6.45, 7) is -0.546. The number of phosphoric acid groups is 1. The number of rotatable bonds is 5. The highest BCUT2D eigenvalue weighted by molar-refractivity contribution is 7.46. The molecule has 4 atom stereocenters. The minimum atomic E-state index is -4.95. The van der Waals surface area contributed by atoms with Crippen LogP contribution in [0.2, 0.25) is 0 Å². The molecule has 6 N–H and O–H groups in total. The Morgan fingerprint density at radius 1 is 1.50 bits per heavy atom. The van der Waals surface area contributed by atoms with E-state index >= 15 is 0 Å². The van der Waals surface area contributed by atoms with Crippen LogP contribution in [0.1, 0.15) is 6.23 Å². The van der Waals surface area contributed by atoms with Crippen molar-refractivity contribution in [2.45, 2.75) is 24.5 Å². The normalized spacial score (nSPS) is 28.9. The van der Waals surface area contributed by atoms with Crippen LogP contribution >= 0.6 is 7.82 Å². The maximum Gasteiger partial charge on any atom is 0.470 e. The lowest BCUT2D eigenvalue weighted by atomic mass is 10.1. The van der Waals surface area contributed by atoms with Gasteiger partial charge in [-0.1, -0.05) is 0 Å². The highest BCUT2D eigenvalue weighted by Crippen LogP contribution is 2.43. The van der Waals surface area contributed by atoms with E-state index in [1.54, 1.807) is 0 Å². The summed E-state index contributed by atoms with van der Waals surface area (Å²) in [5, 5.41) is 18.6. The lowest BCUT2D eigenvalue weighted by Gasteiger charge is -2.20. The lowest BCUT2D eigenvalue weighted by Crippen LogP contribution is -2.37. The second-order valence-electron chi connectivity index (χ2n) is 4.45. The SMILES string of the molecule is Nc1ccn([C@@H]2O[C@H](COO)[C@@H](OP(=O)(O)O)[C@H]2O)c(=O)n1. The van der Waals surface area contributed by atoms with Gasteiger partial charge in [0.2, 0.25) is 0 Å². The summed E-state index contributed by atoms with van der Waals surface area (Å²) in [4.78, 5) is 36.7. The number of nitrogen functional groups attached to an aromatic ring is 1. The summed E-state index contributed by atoms with van der Waals surface area (Å²) in [5.74, 6) is -0.0491. The second-order valence-corrected chi connectivity index (χ2v) is 5.65. The first-order valence-corrected chi connectivity index (χ1v) is 7.44. The van der Waals surface area contributed by atoms with Crippen molar-refractivity contribution in [3.8, 4) is 0 Å². The van der Waals surface area contributed by atoms with Crippen molar-refractivity contribution in [3.05, 3.63) is 22.7 Å². The summed E-state index contributed by atoms with van der Waals surface area (Å²) < 4.78 is 21.5. The molecular weight excluding hydrogens is 325 g/mol. The molecule has 12 nitrogen and oxygen atoms in total. The minimum Gasteiger partial charge on any atom is -0.386 e. The molecule has 0 amide bonds. The maximum absolute atomic E-state index is 11.7. The molecule has 0 aliphatic carbocycles. The van der Waals surface area contributed by atoms with E-state index in [1.165, 1.54) is 12.3 Å². The fraction of sp³-hybridized carbons (Fsp3) is 0.556. The van der Waals surface area contributed by atoms with Gasteiger partial charge in [0, 0.05) is 6.20 Å². The average molecular weight is 339 g/mol. The average Bonchev–Trinajstić information content (AvgIpc) is 2.67. The fourth-order valence-corrected chi connectivity index (χ4v) is 2.64. The molecule has 0 unspecified atom stereocenters. The van der Waals surface area contributed by atoms with Gasteiger partial charge in [0.05, 0.1) is 0 Å². The predicted octanol–water partition coefficient (Wildman–Crippen LogP) is -1.95. The molecule has 1 fully saturated rings. The molecule has 1 aliphatic heterocycles. The van der Waals surface area contributed by atoms with Gasteiger partial charge in [0.25, 0.3) is 0 Å². The van der Waals surface area contributed by atoms with Crippen LogP contribution in [0.5, 0.6) is 0 Å². The van der Waals surface area contributed by atoms with Gasteiger partial charge in [-0.2, -0.15) is 4.98 Å². The van der Waals surface area contributed by atoms with Gasteiger partial charge in [-0.3, -0.25) is 14.3 Å². The van der Waals surface area contributed by atoms with E-state index in [-0.39, 0.29) is 5.82 Å². The molecule has 124 valence electrons. The molecule has 1 saturated heterocycles. The first kappa shape index (κ1) is 17.0. The zero-order chi connectivity index (χ0) is 16.5. The largest absolute Gasteiger partial charge is 0.470 e. The number of aliphatic hydroxyl groups is 1. The van der Waals surface area contributed by atoms with E-state index in [0.29, 0.717) is 0 Å². The Morgan fingerprint density at radius 3 is 2.73 bits per heavy atom. The van der Waals surface area contributed by atoms with Crippen LogP contribution in [0.4, 0.5) is 5.82 Å². The molecule has 2 heterocycles. The number of nitrogens with two attached hydrogens (primary N) is 1. The first-order valence-electron chi connectivity index (χ1n) is 5.91. The smallest absolute Gasteiger partial charge is 0.386 e. The number of aliphatic hydroxyl groups excluding tert-OH is 1. The van der Waals surface area contributed by atoms with Crippen LogP contribution in [0.3, 0.4) is 0 Å². The van der Waals surface area contributed by atoms with Crippen molar-refractivity contribution in [1.82, 2.24) is 9.55 Å². The van der Waals surface area contributed by atoms with E-state index in [1.807, 2.05) is 0 Å². The summed E-state index contributed by atoms with van der Waals surface area (Å²) >= 11 is 0.